The summed E-state index contributed by atoms with van der Waals surface area (Å²) in [6, 6.07) is 11.5. The molecule has 2 atom stereocenters. The third kappa shape index (κ3) is 5.18. The number of benzene rings is 2. The number of methoxy groups -OCH3 is 2. The zero-order valence-corrected chi connectivity index (χ0v) is 17.7. The van der Waals surface area contributed by atoms with Crippen LogP contribution in [0.1, 0.15) is 49.4 Å². The molecule has 5 nitrogen and oxygen atoms in total. The quantitative estimate of drug-likeness (QED) is 0.677. The molecule has 2 aromatic carbocycles. The summed E-state index contributed by atoms with van der Waals surface area (Å²) in [5.41, 5.74) is 3.16. The number of nitrogens with one attached hydrogen (secondary N) is 1. The van der Waals surface area contributed by atoms with Crippen molar-refractivity contribution in [3.8, 4) is 17.2 Å². The SMILES string of the molecule is CC[C@H](Oc1ccc(C)cc1C)C(=O)N[C@@H](CC)c1ccc(OC)c(OC)c1. The molecule has 0 saturated heterocycles. The van der Waals surface area contributed by atoms with Gasteiger partial charge in [-0.05, 0) is 56.0 Å². The molecule has 0 unspecified atom stereocenters. The van der Waals surface area contributed by atoms with E-state index in [2.05, 4.69) is 11.4 Å². The second kappa shape index (κ2) is 10.0. The lowest BCUT2D eigenvalue weighted by atomic mass is 10.0. The Morgan fingerprint density at radius 1 is 0.929 bits per heavy atom. The van der Waals surface area contributed by atoms with Gasteiger partial charge in [0.2, 0.25) is 0 Å². The van der Waals surface area contributed by atoms with Crippen LogP contribution in [-0.4, -0.2) is 26.2 Å². The molecule has 0 radical (unpaired) electrons. The van der Waals surface area contributed by atoms with Crippen molar-refractivity contribution in [3.63, 3.8) is 0 Å². The van der Waals surface area contributed by atoms with E-state index >= 15 is 0 Å². The molecule has 0 heterocycles. The number of rotatable bonds is 9. The lowest BCUT2D eigenvalue weighted by molar-refractivity contribution is -0.129. The average Bonchev–Trinajstić information content (AvgIpc) is 2.70. The van der Waals surface area contributed by atoms with Gasteiger partial charge in [0, 0.05) is 0 Å². The maximum atomic E-state index is 12.9. The molecular weight excluding hydrogens is 354 g/mol. The van der Waals surface area contributed by atoms with E-state index in [-0.39, 0.29) is 11.9 Å². The van der Waals surface area contributed by atoms with Crippen molar-refractivity contribution in [1.82, 2.24) is 5.32 Å². The smallest absolute Gasteiger partial charge is 0.261 e. The highest BCUT2D eigenvalue weighted by atomic mass is 16.5. The Balaban J connectivity index is 2.15. The average molecular weight is 386 g/mol. The van der Waals surface area contributed by atoms with Crippen molar-refractivity contribution in [2.75, 3.05) is 14.2 Å². The maximum Gasteiger partial charge on any atom is 0.261 e. The molecule has 0 aliphatic carbocycles. The highest BCUT2D eigenvalue weighted by Gasteiger charge is 2.23. The molecular formula is C23H31NO4. The summed E-state index contributed by atoms with van der Waals surface area (Å²) in [6.45, 7) is 8.01. The first kappa shape index (κ1) is 21.6. The van der Waals surface area contributed by atoms with Gasteiger partial charge >= 0.3 is 0 Å². The van der Waals surface area contributed by atoms with E-state index in [4.69, 9.17) is 14.2 Å². The minimum absolute atomic E-state index is 0.121. The topological polar surface area (TPSA) is 56.8 Å². The summed E-state index contributed by atoms with van der Waals surface area (Å²) in [5, 5.41) is 3.11. The number of hydrogen-bond donors (Lipinski definition) is 1. The van der Waals surface area contributed by atoms with E-state index in [9.17, 15) is 4.79 Å². The molecule has 0 aliphatic heterocycles. The van der Waals surface area contributed by atoms with Gasteiger partial charge in [-0.15, -0.1) is 0 Å². The molecule has 5 heteroatoms. The lowest BCUT2D eigenvalue weighted by Crippen LogP contribution is -2.40. The first-order chi connectivity index (χ1) is 13.4. The van der Waals surface area contributed by atoms with Gasteiger partial charge in [-0.1, -0.05) is 37.6 Å². The van der Waals surface area contributed by atoms with Crippen LogP contribution in [0.4, 0.5) is 0 Å². The molecule has 0 aliphatic rings. The van der Waals surface area contributed by atoms with Crippen LogP contribution in [0.15, 0.2) is 36.4 Å². The van der Waals surface area contributed by atoms with Crippen LogP contribution in [-0.2, 0) is 4.79 Å². The molecule has 0 spiro atoms. The fourth-order valence-corrected chi connectivity index (χ4v) is 3.16. The van der Waals surface area contributed by atoms with Crippen molar-refractivity contribution >= 4 is 5.91 Å². The number of carbonyl (C=O) groups is 1. The Labute approximate surface area is 168 Å². The van der Waals surface area contributed by atoms with Crippen LogP contribution in [0.2, 0.25) is 0 Å². The Morgan fingerprint density at radius 3 is 2.18 bits per heavy atom. The van der Waals surface area contributed by atoms with Gasteiger partial charge in [0.15, 0.2) is 17.6 Å². The summed E-state index contributed by atoms with van der Waals surface area (Å²) >= 11 is 0. The predicted molar refractivity (Wildman–Crippen MR) is 111 cm³/mol. The Bertz CT molecular complexity index is 803. The van der Waals surface area contributed by atoms with E-state index in [0.29, 0.717) is 17.9 Å². The zero-order chi connectivity index (χ0) is 20.7. The Kier molecular flexibility index (Phi) is 7.73. The molecule has 0 fully saturated rings. The molecule has 1 amide bonds. The molecule has 0 saturated carbocycles. The minimum atomic E-state index is -0.546. The van der Waals surface area contributed by atoms with E-state index in [1.165, 1.54) is 5.56 Å². The number of hydrogen-bond acceptors (Lipinski definition) is 4. The number of ether oxygens (including phenoxy) is 3. The van der Waals surface area contributed by atoms with E-state index in [0.717, 1.165) is 23.3 Å². The van der Waals surface area contributed by atoms with Crippen molar-refractivity contribution in [1.29, 1.82) is 0 Å². The first-order valence-corrected chi connectivity index (χ1v) is 9.69. The third-order valence-corrected chi connectivity index (χ3v) is 4.80. The first-order valence-electron chi connectivity index (χ1n) is 9.69. The zero-order valence-electron chi connectivity index (χ0n) is 17.7. The molecule has 152 valence electrons. The lowest BCUT2D eigenvalue weighted by Gasteiger charge is -2.23. The van der Waals surface area contributed by atoms with Gasteiger partial charge in [-0.2, -0.15) is 0 Å². The summed E-state index contributed by atoms with van der Waals surface area (Å²) < 4.78 is 16.7. The molecule has 1 N–H and O–H groups in total. The number of amides is 1. The van der Waals surface area contributed by atoms with Crippen LogP contribution >= 0.6 is 0 Å². The standard InChI is InChI=1S/C23H31NO4/c1-7-18(17-10-12-21(26-5)22(14-17)27-6)24-23(25)19(8-2)28-20-11-9-15(3)13-16(20)4/h9-14,18-19H,7-8H2,1-6H3,(H,24,25)/t18-,19-/m0/s1. The van der Waals surface area contributed by atoms with Gasteiger partial charge in [0.25, 0.3) is 5.91 Å². The second-order valence-electron chi connectivity index (χ2n) is 6.87. The fraction of sp³-hybridized carbons (Fsp3) is 0.435. The van der Waals surface area contributed by atoms with Gasteiger partial charge < -0.3 is 19.5 Å². The predicted octanol–water partition coefficient (Wildman–Crippen LogP) is 4.75. The molecule has 2 rings (SSSR count). The number of carbonyl (C=O) groups excluding carboxylic acids is 1. The van der Waals surface area contributed by atoms with Crippen LogP contribution in [0.25, 0.3) is 0 Å². The van der Waals surface area contributed by atoms with Crippen LogP contribution in [0, 0.1) is 13.8 Å². The fourth-order valence-electron chi connectivity index (χ4n) is 3.16. The monoisotopic (exact) mass is 385 g/mol. The van der Waals surface area contributed by atoms with Gasteiger partial charge in [-0.25, -0.2) is 0 Å². The van der Waals surface area contributed by atoms with E-state index in [1.807, 2.05) is 58.0 Å². The van der Waals surface area contributed by atoms with Crippen LogP contribution < -0.4 is 19.5 Å². The van der Waals surface area contributed by atoms with E-state index in [1.54, 1.807) is 14.2 Å². The molecule has 28 heavy (non-hydrogen) atoms. The highest BCUT2D eigenvalue weighted by Crippen LogP contribution is 2.31. The van der Waals surface area contributed by atoms with Gasteiger partial charge in [0.05, 0.1) is 20.3 Å². The Hall–Kier alpha value is -2.69. The van der Waals surface area contributed by atoms with Crippen molar-refractivity contribution in [2.45, 2.75) is 52.7 Å². The largest absolute Gasteiger partial charge is 0.493 e. The van der Waals surface area contributed by atoms with Crippen molar-refractivity contribution in [2.24, 2.45) is 0 Å². The second-order valence-corrected chi connectivity index (χ2v) is 6.87. The van der Waals surface area contributed by atoms with Gasteiger partial charge in [0.1, 0.15) is 5.75 Å². The Morgan fingerprint density at radius 2 is 1.61 bits per heavy atom. The minimum Gasteiger partial charge on any atom is -0.493 e. The molecule has 0 bridgehead atoms. The van der Waals surface area contributed by atoms with Crippen molar-refractivity contribution in [3.05, 3.63) is 53.1 Å². The molecule has 0 aromatic heterocycles. The maximum absolute atomic E-state index is 12.9. The van der Waals surface area contributed by atoms with Crippen LogP contribution in [0.3, 0.4) is 0 Å². The van der Waals surface area contributed by atoms with Crippen molar-refractivity contribution < 1.29 is 19.0 Å². The number of aryl methyl sites for hydroxylation is 2. The highest BCUT2D eigenvalue weighted by molar-refractivity contribution is 5.81. The summed E-state index contributed by atoms with van der Waals surface area (Å²) in [6.07, 6.45) is 0.790. The normalized spacial score (nSPS) is 12.8. The summed E-state index contributed by atoms with van der Waals surface area (Å²) in [4.78, 5) is 12.9. The summed E-state index contributed by atoms with van der Waals surface area (Å²) in [7, 11) is 3.21. The van der Waals surface area contributed by atoms with Crippen LogP contribution in [0.5, 0.6) is 17.2 Å². The third-order valence-electron chi connectivity index (χ3n) is 4.80. The van der Waals surface area contributed by atoms with E-state index < -0.39 is 6.10 Å². The molecule has 2 aromatic rings. The summed E-state index contributed by atoms with van der Waals surface area (Å²) in [5.74, 6) is 1.93. The van der Waals surface area contributed by atoms with Gasteiger partial charge in [-0.3, -0.25) is 4.79 Å².